The Hall–Kier alpha value is -2.53. The molecule has 2 aromatic carbocycles. The zero-order valence-corrected chi connectivity index (χ0v) is 14.2. The molecule has 0 radical (unpaired) electrons. The summed E-state index contributed by atoms with van der Waals surface area (Å²) in [6, 6.07) is 14.0. The van der Waals surface area contributed by atoms with Crippen LogP contribution in [0.4, 0.5) is 5.69 Å². The van der Waals surface area contributed by atoms with E-state index in [0.29, 0.717) is 16.5 Å². The minimum absolute atomic E-state index is 0.266. The van der Waals surface area contributed by atoms with Gasteiger partial charge >= 0.3 is 5.97 Å². The fourth-order valence-electron chi connectivity index (χ4n) is 1.94. The zero-order chi connectivity index (χ0) is 17.5. The smallest absolute Gasteiger partial charge is 0.344 e. The van der Waals surface area contributed by atoms with Crippen molar-refractivity contribution in [3.8, 4) is 5.75 Å². The molecule has 2 rings (SSSR count). The zero-order valence-electron chi connectivity index (χ0n) is 13.4. The molecule has 0 unspecified atom stereocenters. The van der Waals surface area contributed by atoms with Gasteiger partial charge < -0.3 is 14.8 Å². The lowest BCUT2D eigenvalue weighted by Gasteiger charge is -2.14. The van der Waals surface area contributed by atoms with Gasteiger partial charge in [0.2, 0.25) is 0 Å². The van der Waals surface area contributed by atoms with Crippen molar-refractivity contribution in [2.75, 3.05) is 11.9 Å². The van der Waals surface area contributed by atoms with Crippen molar-refractivity contribution in [1.29, 1.82) is 0 Å². The van der Waals surface area contributed by atoms with Gasteiger partial charge in [0.15, 0.2) is 12.7 Å². The van der Waals surface area contributed by atoms with E-state index in [1.807, 2.05) is 25.1 Å². The van der Waals surface area contributed by atoms with E-state index in [-0.39, 0.29) is 6.61 Å². The fourth-order valence-corrected chi connectivity index (χ4v) is 2.13. The van der Waals surface area contributed by atoms with Gasteiger partial charge in [0.05, 0.1) is 0 Å². The summed E-state index contributed by atoms with van der Waals surface area (Å²) in [7, 11) is 0. The van der Waals surface area contributed by atoms with E-state index in [1.54, 1.807) is 30.3 Å². The summed E-state index contributed by atoms with van der Waals surface area (Å²) in [4.78, 5) is 23.8. The van der Waals surface area contributed by atoms with Crippen molar-refractivity contribution < 1.29 is 19.1 Å². The van der Waals surface area contributed by atoms with Crippen molar-refractivity contribution in [1.82, 2.24) is 0 Å². The highest BCUT2D eigenvalue weighted by atomic mass is 35.5. The molecule has 5 nitrogen and oxygen atoms in total. The van der Waals surface area contributed by atoms with Crippen molar-refractivity contribution in [3.63, 3.8) is 0 Å². The predicted octanol–water partition coefficient (Wildman–Crippen LogP) is 3.60. The van der Waals surface area contributed by atoms with Crippen LogP contribution in [-0.2, 0) is 14.3 Å². The molecule has 0 spiro atoms. The van der Waals surface area contributed by atoms with Gasteiger partial charge in [-0.2, -0.15) is 0 Å². The second-order valence-corrected chi connectivity index (χ2v) is 5.67. The molecule has 24 heavy (non-hydrogen) atoms. The van der Waals surface area contributed by atoms with Crippen molar-refractivity contribution >= 4 is 29.2 Å². The number of benzene rings is 2. The summed E-state index contributed by atoms with van der Waals surface area (Å²) in [5.74, 6) is -0.491. The molecule has 0 aliphatic carbocycles. The minimum atomic E-state index is -0.947. The second-order valence-electron chi connectivity index (χ2n) is 5.24. The molecule has 0 aliphatic heterocycles. The maximum atomic E-state index is 12.0. The highest BCUT2D eigenvalue weighted by Crippen LogP contribution is 2.15. The van der Waals surface area contributed by atoms with Crippen LogP contribution in [0, 0.1) is 6.92 Å². The number of halogens is 1. The van der Waals surface area contributed by atoms with E-state index < -0.39 is 18.0 Å². The van der Waals surface area contributed by atoms with Crippen molar-refractivity contribution in [2.24, 2.45) is 0 Å². The van der Waals surface area contributed by atoms with Gasteiger partial charge in [-0.15, -0.1) is 0 Å². The van der Waals surface area contributed by atoms with Crippen LogP contribution in [0.15, 0.2) is 48.5 Å². The molecular weight excluding hydrogens is 330 g/mol. The highest BCUT2D eigenvalue weighted by molar-refractivity contribution is 6.30. The number of carbonyl (C=O) groups is 2. The molecule has 0 fully saturated rings. The number of rotatable bonds is 6. The monoisotopic (exact) mass is 347 g/mol. The Kier molecular flexibility index (Phi) is 6.21. The van der Waals surface area contributed by atoms with E-state index in [0.717, 1.165) is 5.56 Å². The summed E-state index contributed by atoms with van der Waals surface area (Å²) in [6.45, 7) is 3.15. The Morgan fingerprint density at radius 2 is 1.92 bits per heavy atom. The Morgan fingerprint density at radius 3 is 2.62 bits per heavy atom. The Morgan fingerprint density at radius 1 is 1.17 bits per heavy atom. The maximum absolute atomic E-state index is 12.0. The standard InChI is InChI=1S/C18H18ClNO4/c1-12-5-3-8-16(9-12)23-11-17(21)24-13(2)18(22)20-15-7-4-6-14(19)10-15/h3-10,13H,11H2,1-2H3,(H,20,22)/t13-/m1/s1. The Bertz CT molecular complexity index is 732. The molecule has 0 saturated heterocycles. The van der Waals surface area contributed by atoms with E-state index >= 15 is 0 Å². The number of ether oxygens (including phenoxy) is 2. The number of amides is 1. The maximum Gasteiger partial charge on any atom is 0.344 e. The van der Waals surface area contributed by atoms with Crippen LogP contribution in [0.3, 0.4) is 0 Å². The third-order valence-corrected chi connectivity index (χ3v) is 3.35. The average Bonchev–Trinajstić information content (AvgIpc) is 2.53. The first-order chi connectivity index (χ1) is 11.4. The van der Waals surface area contributed by atoms with Crippen molar-refractivity contribution in [2.45, 2.75) is 20.0 Å². The Labute approximate surface area is 145 Å². The van der Waals surface area contributed by atoms with Crippen LogP contribution in [0.5, 0.6) is 5.75 Å². The molecular formula is C18H18ClNO4. The molecule has 0 saturated carbocycles. The SMILES string of the molecule is Cc1cccc(OCC(=O)O[C@H](C)C(=O)Nc2cccc(Cl)c2)c1. The van der Waals surface area contributed by atoms with Crippen LogP contribution in [0.25, 0.3) is 0 Å². The lowest BCUT2D eigenvalue weighted by molar-refractivity contribution is -0.155. The molecule has 1 atom stereocenters. The van der Waals surface area contributed by atoms with E-state index in [1.165, 1.54) is 6.92 Å². The quantitative estimate of drug-likeness (QED) is 0.811. The predicted molar refractivity (Wildman–Crippen MR) is 92.3 cm³/mol. The fraction of sp³-hybridized carbons (Fsp3) is 0.222. The molecule has 126 valence electrons. The lowest BCUT2D eigenvalue weighted by Crippen LogP contribution is -2.31. The molecule has 1 amide bonds. The number of aryl methyl sites for hydroxylation is 1. The van der Waals surface area contributed by atoms with Crippen LogP contribution in [0.2, 0.25) is 5.02 Å². The van der Waals surface area contributed by atoms with E-state index in [9.17, 15) is 9.59 Å². The molecule has 0 aliphatic rings. The molecule has 2 aromatic rings. The Balaban J connectivity index is 1.81. The number of hydrogen-bond donors (Lipinski definition) is 1. The van der Waals surface area contributed by atoms with Crippen LogP contribution in [0.1, 0.15) is 12.5 Å². The molecule has 0 heterocycles. The van der Waals surface area contributed by atoms with Gasteiger partial charge in [0.25, 0.3) is 5.91 Å². The summed E-state index contributed by atoms with van der Waals surface area (Å²) < 4.78 is 10.4. The van der Waals surface area contributed by atoms with E-state index in [2.05, 4.69) is 5.32 Å². The minimum Gasteiger partial charge on any atom is -0.482 e. The van der Waals surface area contributed by atoms with Gasteiger partial charge in [-0.25, -0.2) is 4.79 Å². The number of hydrogen-bond acceptors (Lipinski definition) is 4. The number of anilines is 1. The van der Waals surface area contributed by atoms with Gasteiger partial charge in [-0.1, -0.05) is 29.8 Å². The summed E-state index contributed by atoms with van der Waals surface area (Å²) in [5.41, 5.74) is 1.56. The van der Waals surface area contributed by atoms with Gasteiger partial charge in [0, 0.05) is 10.7 Å². The largest absolute Gasteiger partial charge is 0.482 e. The highest BCUT2D eigenvalue weighted by Gasteiger charge is 2.18. The van der Waals surface area contributed by atoms with Gasteiger partial charge in [-0.3, -0.25) is 4.79 Å². The summed E-state index contributed by atoms with van der Waals surface area (Å²) in [6.07, 6.45) is -0.947. The molecule has 0 aromatic heterocycles. The summed E-state index contributed by atoms with van der Waals surface area (Å²) >= 11 is 5.85. The molecule has 0 bridgehead atoms. The average molecular weight is 348 g/mol. The van der Waals surface area contributed by atoms with E-state index in [4.69, 9.17) is 21.1 Å². The van der Waals surface area contributed by atoms with Crippen molar-refractivity contribution in [3.05, 3.63) is 59.1 Å². The molecule has 1 N–H and O–H groups in total. The second kappa shape index (κ2) is 8.36. The third-order valence-electron chi connectivity index (χ3n) is 3.12. The van der Waals surface area contributed by atoms with Gasteiger partial charge in [-0.05, 0) is 49.7 Å². The van der Waals surface area contributed by atoms with Gasteiger partial charge in [0.1, 0.15) is 5.75 Å². The lowest BCUT2D eigenvalue weighted by atomic mass is 10.2. The first-order valence-electron chi connectivity index (χ1n) is 7.39. The van der Waals surface area contributed by atoms with Crippen LogP contribution >= 0.6 is 11.6 Å². The summed E-state index contributed by atoms with van der Waals surface area (Å²) in [5, 5.41) is 3.13. The third kappa shape index (κ3) is 5.59. The normalized spacial score (nSPS) is 11.5. The number of esters is 1. The van der Waals surface area contributed by atoms with Crippen LogP contribution in [-0.4, -0.2) is 24.6 Å². The molecule has 6 heteroatoms. The first-order valence-corrected chi connectivity index (χ1v) is 7.77. The van der Waals surface area contributed by atoms with Crippen LogP contribution < -0.4 is 10.1 Å². The first kappa shape index (κ1) is 17.8. The topological polar surface area (TPSA) is 64.6 Å². The number of carbonyl (C=O) groups excluding carboxylic acids is 2. The number of nitrogens with one attached hydrogen (secondary N) is 1.